The van der Waals surface area contributed by atoms with Gasteiger partial charge in [-0.05, 0) is 29.8 Å². The summed E-state index contributed by atoms with van der Waals surface area (Å²) >= 11 is 0. The van der Waals surface area contributed by atoms with Crippen LogP contribution in [0, 0.1) is 5.82 Å². The Hall–Kier alpha value is -3.43. The first-order valence-corrected chi connectivity index (χ1v) is 8.97. The van der Waals surface area contributed by atoms with Gasteiger partial charge in [0.05, 0.1) is 16.7 Å². The molecular formula is C20H18F4N4O2. The van der Waals surface area contributed by atoms with E-state index in [1.807, 2.05) is 0 Å². The van der Waals surface area contributed by atoms with Crippen LogP contribution in [0.25, 0.3) is 0 Å². The van der Waals surface area contributed by atoms with Crippen LogP contribution < -0.4 is 10.6 Å². The summed E-state index contributed by atoms with van der Waals surface area (Å²) in [4.78, 5) is 29.6. The van der Waals surface area contributed by atoms with Gasteiger partial charge in [0, 0.05) is 26.7 Å². The summed E-state index contributed by atoms with van der Waals surface area (Å²) in [5.74, 6) is -1.61. The molecule has 30 heavy (non-hydrogen) atoms. The van der Waals surface area contributed by atoms with Crippen molar-refractivity contribution in [2.45, 2.75) is 12.7 Å². The minimum absolute atomic E-state index is 0.0530. The van der Waals surface area contributed by atoms with Gasteiger partial charge >= 0.3 is 6.18 Å². The Morgan fingerprint density at radius 3 is 2.23 bits per heavy atom. The van der Waals surface area contributed by atoms with E-state index < -0.39 is 29.4 Å². The highest BCUT2D eigenvalue weighted by Gasteiger charge is 2.35. The maximum Gasteiger partial charge on any atom is 0.416 e. The molecule has 2 N–H and O–H groups in total. The number of nitrogens with zero attached hydrogens (tertiary/aromatic N) is 2. The highest BCUT2D eigenvalue weighted by Crippen LogP contribution is 2.32. The topological polar surface area (TPSA) is 73.8 Å². The molecule has 1 aliphatic rings. The van der Waals surface area contributed by atoms with Crippen molar-refractivity contribution in [3.05, 3.63) is 70.5 Å². The normalized spacial score (nSPS) is 14.2. The van der Waals surface area contributed by atoms with Gasteiger partial charge in [-0.1, -0.05) is 18.2 Å². The van der Waals surface area contributed by atoms with Gasteiger partial charge in [-0.2, -0.15) is 13.2 Å². The molecule has 0 unspecified atom stereocenters. The maximum atomic E-state index is 13.2. The molecular weight excluding hydrogens is 404 g/mol. The van der Waals surface area contributed by atoms with Crippen molar-refractivity contribution in [2.75, 3.05) is 20.1 Å². The van der Waals surface area contributed by atoms with Crippen molar-refractivity contribution in [2.24, 2.45) is 4.99 Å². The molecule has 0 fully saturated rings. The molecule has 1 heterocycles. The van der Waals surface area contributed by atoms with Crippen molar-refractivity contribution < 1.29 is 27.2 Å². The van der Waals surface area contributed by atoms with Crippen molar-refractivity contribution in [3.63, 3.8) is 0 Å². The summed E-state index contributed by atoms with van der Waals surface area (Å²) in [5, 5.41) is 5.55. The quantitative estimate of drug-likeness (QED) is 0.336. The number of halogens is 4. The summed E-state index contributed by atoms with van der Waals surface area (Å²) in [6.07, 6.45) is -4.69. The fraction of sp³-hybridized carbons (Fsp3) is 0.250. The molecule has 2 amide bonds. The van der Waals surface area contributed by atoms with E-state index in [0.717, 1.165) is 17.0 Å². The lowest BCUT2D eigenvalue weighted by atomic mass is 10.1. The Balaban J connectivity index is 1.57. The second-order valence-electron chi connectivity index (χ2n) is 6.46. The van der Waals surface area contributed by atoms with Crippen LogP contribution in [0.5, 0.6) is 0 Å². The molecule has 0 aliphatic carbocycles. The number of guanidine groups is 1. The van der Waals surface area contributed by atoms with Gasteiger partial charge < -0.3 is 10.6 Å². The maximum absolute atomic E-state index is 13.2. The largest absolute Gasteiger partial charge is 0.416 e. The first-order chi connectivity index (χ1) is 14.2. The Morgan fingerprint density at radius 1 is 1.03 bits per heavy atom. The molecule has 0 radical (unpaired) electrons. The fourth-order valence-electron chi connectivity index (χ4n) is 3.09. The molecule has 2 aromatic carbocycles. The first kappa shape index (κ1) is 21.3. The zero-order valence-corrected chi connectivity index (χ0v) is 15.9. The first-order valence-electron chi connectivity index (χ1n) is 8.97. The summed E-state index contributed by atoms with van der Waals surface area (Å²) in [5.41, 5.74) is -0.550. The molecule has 3 rings (SSSR count). The monoisotopic (exact) mass is 422 g/mol. The number of nitrogens with one attached hydrogen (secondary N) is 2. The molecule has 0 saturated carbocycles. The summed E-state index contributed by atoms with van der Waals surface area (Å²) in [6, 6.07) is 8.93. The summed E-state index contributed by atoms with van der Waals surface area (Å²) in [6.45, 7) is -0.0557. The number of fused-ring (bicyclic) bond motifs is 1. The zero-order chi connectivity index (χ0) is 21.9. The van der Waals surface area contributed by atoms with Gasteiger partial charge in [-0.3, -0.25) is 19.5 Å². The van der Waals surface area contributed by atoms with Crippen LogP contribution in [0.1, 0.15) is 31.8 Å². The predicted molar refractivity (Wildman–Crippen MR) is 101 cm³/mol. The lowest BCUT2D eigenvalue weighted by Gasteiger charge is -2.18. The molecule has 158 valence electrons. The van der Waals surface area contributed by atoms with Gasteiger partial charge in [0.1, 0.15) is 5.82 Å². The number of amides is 2. The second-order valence-corrected chi connectivity index (χ2v) is 6.46. The zero-order valence-electron chi connectivity index (χ0n) is 15.9. The number of carbonyl (C=O) groups excluding carboxylic acids is 2. The molecule has 2 aromatic rings. The van der Waals surface area contributed by atoms with Gasteiger partial charge in [0.25, 0.3) is 11.8 Å². The molecule has 0 saturated heterocycles. The van der Waals surface area contributed by atoms with Crippen LogP contribution in [-0.2, 0) is 12.7 Å². The van der Waals surface area contributed by atoms with Crippen LogP contribution in [0.4, 0.5) is 17.6 Å². The van der Waals surface area contributed by atoms with E-state index >= 15 is 0 Å². The number of hydrogen-bond donors (Lipinski definition) is 2. The lowest BCUT2D eigenvalue weighted by Crippen LogP contribution is -2.42. The van der Waals surface area contributed by atoms with E-state index in [4.69, 9.17) is 0 Å². The van der Waals surface area contributed by atoms with E-state index in [9.17, 15) is 27.2 Å². The third-order valence-electron chi connectivity index (χ3n) is 4.55. The number of hydrogen-bond acceptors (Lipinski definition) is 3. The van der Waals surface area contributed by atoms with Crippen LogP contribution in [0.3, 0.4) is 0 Å². The van der Waals surface area contributed by atoms with Crippen molar-refractivity contribution >= 4 is 17.8 Å². The Bertz CT molecular complexity index is 970. The van der Waals surface area contributed by atoms with E-state index in [2.05, 4.69) is 15.6 Å². The standard InChI is InChI=1S/C20H18F4N4O2/c1-25-19(27-11-12-6-7-13(21)10-16(12)20(22,23)24)26-8-9-28-17(29)14-4-2-3-5-15(14)18(28)30/h2-7,10H,8-9,11H2,1H3,(H2,25,26,27). The van der Waals surface area contributed by atoms with E-state index in [1.165, 1.54) is 7.05 Å². The average molecular weight is 422 g/mol. The molecule has 0 atom stereocenters. The molecule has 0 bridgehead atoms. The molecule has 1 aliphatic heterocycles. The Labute approximate surface area is 169 Å². The van der Waals surface area contributed by atoms with Crippen molar-refractivity contribution in [3.8, 4) is 0 Å². The number of benzene rings is 2. The molecule has 6 nitrogen and oxygen atoms in total. The van der Waals surface area contributed by atoms with Crippen molar-refractivity contribution in [1.82, 2.24) is 15.5 Å². The van der Waals surface area contributed by atoms with Gasteiger partial charge in [0.2, 0.25) is 0 Å². The number of rotatable bonds is 5. The highest BCUT2D eigenvalue weighted by atomic mass is 19.4. The lowest BCUT2D eigenvalue weighted by molar-refractivity contribution is -0.138. The second kappa shape index (κ2) is 8.52. The number of imide groups is 1. The third-order valence-corrected chi connectivity index (χ3v) is 4.55. The fourth-order valence-corrected chi connectivity index (χ4v) is 3.09. The van der Waals surface area contributed by atoms with Crippen LogP contribution >= 0.6 is 0 Å². The summed E-state index contributed by atoms with van der Waals surface area (Å²) in [7, 11) is 1.42. The van der Waals surface area contributed by atoms with E-state index in [1.54, 1.807) is 24.3 Å². The molecule has 0 spiro atoms. The van der Waals surface area contributed by atoms with Gasteiger partial charge in [-0.15, -0.1) is 0 Å². The molecule has 0 aromatic heterocycles. The van der Waals surface area contributed by atoms with Crippen LogP contribution in [0.15, 0.2) is 47.5 Å². The minimum atomic E-state index is -4.69. The van der Waals surface area contributed by atoms with Crippen LogP contribution in [-0.4, -0.2) is 42.8 Å². The number of carbonyl (C=O) groups is 2. The third kappa shape index (κ3) is 4.42. The smallest absolute Gasteiger partial charge is 0.355 e. The Kier molecular flexibility index (Phi) is 6.04. The highest BCUT2D eigenvalue weighted by molar-refractivity contribution is 6.21. The number of aliphatic imine (C=N–C) groups is 1. The number of alkyl halides is 3. The average Bonchev–Trinajstić information content (AvgIpc) is 2.95. The van der Waals surface area contributed by atoms with E-state index in [0.29, 0.717) is 17.2 Å². The predicted octanol–water partition coefficient (Wildman–Crippen LogP) is 2.81. The van der Waals surface area contributed by atoms with E-state index in [-0.39, 0.29) is 31.2 Å². The van der Waals surface area contributed by atoms with Crippen LogP contribution in [0.2, 0.25) is 0 Å². The SMILES string of the molecule is CN=C(NCCN1C(=O)c2ccccc2C1=O)NCc1ccc(F)cc1C(F)(F)F. The Morgan fingerprint density at radius 2 is 1.67 bits per heavy atom. The minimum Gasteiger partial charge on any atom is -0.355 e. The van der Waals surface area contributed by atoms with Gasteiger partial charge in [-0.25, -0.2) is 4.39 Å². The van der Waals surface area contributed by atoms with Crippen molar-refractivity contribution in [1.29, 1.82) is 0 Å². The van der Waals surface area contributed by atoms with Gasteiger partial charge in [0.15, 0.2) is 5.96 Å². The molecule has 10 heteroatoms. The summed E-state index contributed by atoms with van der Waals surface area (Å²) < 4.78 is 52.5.